The fourth-order valence-corrected chi connectivity index (χ4v) is 2.71. The summed E-state index contributed by atoms with van der Waals surface area (Å²) < 4.78 is 17.3. The van der Waals surface area contributed by atoms with Crippen LogP contribution in [-0.2, 0) is 20.8 Å². The molecule has 1 atom stereocenters. The molecule has 2 rings (SSSR count). The molecule has 1 aliphatic heterocycles. The number of rotatable bonds is 7. The quantitative estimate of drug-likeness (QED) is 0.527. The van der Waals surface area contributed by atoms with Crippen molar-refractivity contribution in [3.05, 3.63) is 0 Å². The first-order chi connectivity index (χ1) is 8.83. The number of hydrogen-bond donors (Lipinski definition) is 0. The van der Waals surface area contributed by atoms with E-state index in [1.165, 1.54) is 0 Å². The lowest BCUT2D eigenvalue weighted by Crippen LogP contribution is -2.22. The average Bonchev–Trinajstić information content (AvgIpc) is 3.04. The van der Waals surface area contributed by atoms with Crippen molar-refractivity contribution in [1.82, 2.24) is 20.2 Å². The second kappa shape index (κ2) is 7.03. The zero-order valence-electron chi connectivity index (χ0n) is 10.6. The Hall–Kier alpha value is -0.700. The minimum absolute atomic E-state index is 0.331. The molecule has 0 aromatic carbocycles. The molecule has 1 unspecified atom stereocenters. The van der Waals surface area contributed by atoms with Gasteiger partial charge in [-0.25, -0.2) is 4.68 Å². The molecule has 1 aromatic rings. The summed E-state index contributed by atoms with van der Waals surface area (Å²) in [5.41, 5.74) is 0. The average molecular weight is 274 g/mol. The van der Waals surface area contributed by atoms with Crippen LogP contribution in [0.4, 0.5) is 0 Å². The van der Waals surface area contributed by atoms with E-state index in [9.17, 15) is 0 Å². The highest BCUT2D eigenvalue weighted by molar-refractivity contribution is 7.99. The maximum Gasteiger partial charge on any atom is 0.209 e. The van der Waals surface area contributed by atoms with Crippen LogP contribution < -0.4 is 0 Å². The van der Waals surface area contributed by atoms with Crippen LogP contribution in [-0.4, -0.2) is 59.7 Å². The molecule has 0 N–H and O–H groups in total. The van der Waals surface area contributed by atoms with Gasteiger partial charge in [-0.3, -0.25) is 0 Å². The molecule has 1 aliphatic rings. The normalized spacial score (nSPS) is 19.8. The van der Waals surface area contributed by atoms with Crippen LogP contribution in [0.15, 0.2) is 5.16 Å². The van der Waals surface area contributed by atoms with E-state index in [0.29, 0.717) is 12.5 Å². The molecule has 0 saturated carbocycles. The van der Waals surface area contributed by atoms with Crippen LogP contribution >= 0.6 is 11.8 Å². The first-order valence-corrected chi connectivity index (χ1v) is 6.84. The van der Waals surface area contributed by atoms with E-state index < -0.39 is 0 Å². The van der Waals surface area contributed by atoms with Crippen LogP contribution in [0.2, 0.25) is 0 Å². The maximum absolute atomic E-state index is 5.34. The van der Waals surface area contributed by atoms with Gasteiger partial charge in [0.05, 0.1) is 13.2 Å². The molecular weight excluding hydrogens is 256 g/mol. The molecule has 1 fully saturated rings. The van der Waals surface area contributed by atoms with Gasteiger partial charge in [-0.1, -0.05) is 11.8 Å². The van der Waals surface area contributed by atoms with Crippen LogP contribution in [0, 0.1) is 5.92 Å². The molecule has 102 valence electrons. The Bertz CT molecular complexity index is 353. The highest BCUT2D eigenvalue weighted by atomic mass is 32.2. The summed E-state index contributed by atoms with van der Waals surface area (Å²) in [5.74, 6) is 1.58. The lowest BCUT2D eigenvalue weighted by molar-refractivity contribution is -0.113. The minimum atomic E-state index is -0.331. The van der Waals surface area contributed by atoms with Crippen LogP contribution in [0.5, 0.6) is 0 Å². The summed E-state index contributed by atoms with van der Waals surface area (Å²) in [7, 11) is 3.20. The van der Waals surface area contributed by atoms with Crippen molar-refractivity contribution in [3.8, 4) is 0 Å². The van der Waals surface area contributed by atoms with Gasteiger partial charge in [0.2, 0.25) is 5.16 Å². The topological polar surface area (TPSA) is 71.3 Å². The number of thioether (sulfide) groups is 1. The van der Waals surface area contributed by atoms with Gasteiger partial charge in [0.15, 0.2) is 6.29 Å². The zero-order valence-corrected chi connectivity index (χ0v) is 11.4. The first kappa shape index (κ1) is 13.7. The van der Waals surface area contributed by atoms with Gasteiger partial charge in [0, 0.05) is 26.6 Å². The SMILES string of the molecule is COC(Cn1nnnc1SCC1CCOC1)OC. The molecule has 1 saturated heterocycles. The number of hydrogen-bond acceptors (Lipinski definition) is 7. The van der Waals surface area contributed by atoms with Crippen molar-refractivity contribution < 1.29 is 14.2 Å². The highest BCUT2D eigenvalue weighted by Crippen LogP contribution is 2.22. The molecule has 8 heteroatoms. The van der Waals surface area contributed by atoms with E-state index in [-0.39, 0.29) is 6.29 Å². The number of aromatic nitrogens is 4. The smallest absolute Gasteiger partial charge is 0.209 e. The van der Waals surface area contributed by atoms with Crippen molar-refractivity contribution >= 4 is 11.8 Å². The number of ether oxygens (including phenoxy) is 3. The van der Waals surface area contributed by atoms with Gasteiger partial charge in [0.1, 0.15) is 0 Å². The van der Waals surface area contributed by atoms with Crippen LogP contribution in [0.1, 0.15) is 6.42 Å². The molecule has 0 spiro atoms. The Morgan fingerprint density at radius 3 is 3.00 bits per heavy atom. The largest absolute Gasteiger partial charge is 0.381 e. The van der Waals surface area contributed by atoms with Crippen molar-refractivity contribution in [2.24, 2.45) is 5.92 Å². The fraction of sp³-hybridized carbons (Fsp3) is 0.900. The van der Waals surface area contributed by atoms with Crippen molar-refractivity contribution in [1.29, 1.82) is 0 Å². The maximum atomic E-state index is 5.34. The lowest BCUT2D eigenvalue weighted by Gasteiger charge is -2.13. The van der Waals surface area contributed by atoms with Gasteiger partial charge in [-0.05, 0) is 22.8 Å². The summed E-state index contributed by atoms with van der Waals surface area (Å²) in [6, 6.07) is 0. The van der Waals surface area contributed by atoms with E-state index in [1.54, 1.807) is 30.7 Å². The van der Waals surface area contributed by atoms with Gasteiger partial charge < -0.3 is 14.2 Å². The molecule has 18 heavy (non-hydrogen) atoms. The predicted molar refractivity (Wildman–Crippen MR) is 65.3 cm³/mol. The van der Waals surface area contributed by atoms with E-state index in [4.69, 9.17) is 14.2 Å². The van der Waals surface area contributed by atoms with Gasteiger partial charge in [-0.15, -0.1) is 5.10 Å². The Kier molecular flexibility index (Phi) is 5.36. The number of methoxy groups -OCH3 is 2. The minimum Gasteiger partial charge on any atom is -0.381 e. The molecule has 1 aromatic heterocycles. The standard InChI is InChI=1S/C10H18N4O3S/c1-15-9(16-2)5-14-10(11-12-13-14)18-7-8-3-4-17-6-8/h8-9H,3-7H2,1-2H3. The van der Waals surface area contributed by atoms with Gasteiger partial charge >= 0.3 is 0 Å². The van der Waals surface area contributed by atoms with Gasteiger partial charge in [0.25, 0.3) is 0 Å². The Morgan fingerprint density at radius 1 is 1.50 bits per heavy atom. The van der Waals surface area contributed by atoms with Crippen molar-refractivity contribution in [3.63, 3.8) is 0 Å². The fourth-order valence-electron chi connectivity index (χ4n) is 1.71. The monoisotopic (exact) mass is 274 g/mol. The third-order valence-electron chi connectivity index (χ3n) is 2.82. The second-order valence-electron chi connectivity index (χ2n) is 4.09. The van der Waals surface area contributed by atoms with E-state index in [0.717, 1.165) is 30.5 Å². The van der Waals surface area contributed by atoms with E-state index in [1.807, 2.05) is 0 Å². The molecule has 0 amide bonds. The molecular formula is C10H18N4O3S. The summed E-state index contributed by atoms with van der Waals surface area (Å²) in [6.45, 7) is 2.20. The highest BCUT2D eigenvalue weighted by Gasteiger charge is 2.18. The molecule has 0 bridgehead atoms. The number of tetrazole rings is 1. The summed E-state index contributed by atoms with van der Waals surface area (Å²) in [5, 5.41) is 12.4. The summed E-state index contributed by atoms with van der Waals surface area (Å²) in [4.78, 5) is 0. The van der Waals surface area contributed by atoms with E-state index in [2.05, 4.69) is 15.5 Å². The molecule has 0 radical (unpaired) electrons. The Morgan fingerprint density at radius 2 is 2.33 bits per heavy atom. The lowest BCUT2D eigenvalue weighted by atomic mass is 10.2. The second-order valence-corrected chi connectivity index (χ2v) is 5.07. The van der Waals surface area contributed by atoms with Crippen molar-refractivity contribution in [2.45, 2.75) is 24.4 Å². The third-order valence-corrected chi connectivity index (χ3v) is 4.01. The van der Waals surface area contributed by atoms with Crippen LogP contribution in [0.3, 0.4) is 0 Å². The molecule has 2 heterocycles. The zero-order chi connectivity index (χ0) is 12.8. The Balaban J connectivity index is 1.86. The van der Waals surface area contributed by atoms with Crippen LogP contribution in [0.25, 0.3) is 0 Å². The van der Waals surface area contributed by atoms with Crippen molar-refractivity contribution in [2.75, 3.05) is 33.2 Å². The molecule has 7 nitrogen and oxygen atoms in total. The summed E-state index contributed by atoms with van der Waals surface area (Å²) in [6.07, 6.45) is 0.788. The Labute approximate surface area is 110 Å². The van der Waals surface area contributed by atoms with E-state index >= 15 is 0 Å². The first-order valence-electron chi connectivity index (χ1n) is 5.85. The third kappa shape index (κ3) is 3.64. The predicted octanol–water partition coefficient (Wildman–Crippen LogP) is 0.421. The number of nitrogens with zero attached hydrogens (tertiary/aromatic N) is 4. The molecule has 0 aliphatic carbocycles. The summed E-state index contributed by atoms with van der Waals surface area (Å²) >= 11 is 1.65. The van der Waals surface area contributed by atoms with Gasteiger partial charge in [-0.2, -0.15) is 0 Å².